The summed E-state index contributed by atoms with van der Waals surface area (Å²) < 4.78 is 0. The molecular weight excluding hydrogens is 292 g/mol. The van der Waals surface area contributed by atoms with Gasteiger partial charge in [-0.05, 0) is 31.7 Å². The van der Waals surface area contributed by atoms with Gasteiger partial charge in [0.1, 0.15) is 11.8 Å². The van der Waals surface area contributed by atoms with Gasteiger partial charge in [0, 0.05) is 18.5 Å². The second-order valence-corrected chi connectivity index (χ2v) is 6.34. The number of nitrogens with one attached hydrogen (secondary N) is 2. The van der Waals surface area contributed by atoms with Crippen molar-refractivity contribution in [2.75, 3.05) is 0 Å². The van der Waals surface area contributed by atoms with Crippen molar-refractivity contribution < 1.29 is 14.7 Å². The van der Waals surface area contributed by atoms with Gasteiger partial charge >= 0.3 is 0 Å². The maximum atomic E-state index is 12.0. The Kier molecular flexibility index (Phi) is 6.44. The summed E-state index contributed by atoms with van der Waals surface area (Å²) in [6.07, 6.45) is 6.41. The first-order valence-electron chi connectivity index (χ1n) is 8.40. The lowest BCUT2D eigenvalue weighted by Gasteiger charge is -2.22. The van der Waals surface area contributed by atoms with E-state index < -0.39 is 6.04 Å². The summed E-state index contributed by atoms with van der Waals surface area (Å²) in [5.74, 6) is 0.314. The molecule has 1 aliphatic rings. The van der Waals surface area contributed by atoms with Gasteiger partial charge in [0.05, 0.1) is 0 Å². The lowest BCUT2D eigenvalue weighted by Crippen LogP contribution is -2.45. The molecule has 0 radical (unpaired) electrons. The van der Waals surface area contributed by atoms with Crippen LogP contribution in [0.3, 0.4) is 0 Å². The maximum absolute atomic E-state index is 12.0. The highest BCUT2D eigenvalue weighted by atomic mass is 16.3. The fourth-order valence-electron chi connectivity index (χ4n) is 3.02. The monoisotopic (exact) mass is 318 g/mol. The van der Waals surface area contributed by atoms with Crippen LogP contribution in [0.5, 0.6) is 5.75 Å². The third kappa shape index (κ3) is 5.58. The number of benzene rings is 1. The molecule has 1 aromatic rings. The molecule has 5 heteroatoms. The minimum Gasteiger partial charge on any atom is -0.508 e. The molecule has 23 heavy (non-hydrogen) atoms. The van der Waals surface area contributed by atoms with Crippen molar-refractivity contribution in [3.8, 4) is 5.75 Å². The molecule has 0 unspecified atom stereocenters. The van der Waals surface area contributed by atoms with E-state index in [4.69, 9.17) is 0 Å². The zero-order chi connectivity index (χ0) is 16.7. The lowest BCUT2D eigenvalue weighted by atomic mass is 9.87. The van der Waals surface area contributed by atoms with Crippen LogP contribution in [0.4, 0.5) is 0 Å². The molecule has 1 aromatic carbocycles. The largest absolute Gasteiger partial charge is 0.508 e. The summed E-state index contributed by atoms with van der Waals surface area (Å²) in [4.78, 5) is 24.1. The van der Waals surface area contributed by atoms with Gasteiger partial charge in [-0.15, -0.1) is 0 Å². The molecule has 0 bridgehead atoms. The highest BCUT2D eigenvalue weighted by molar-refractivity contribution is 5.87. The van der Waals surface area contributed by atoms with Gasteiger partial charge in [-0.1, -0.05) is 37.5 Å². The molecule has 0 saturated heterocycles. The number of amides is 2. The molecule has 2 amide bonds. The molecule has 1 aliphatic carbocycles. The molecule has 0 heterocycles. The van der Waals surface area contributed by atoms with Crippen LogP contribution in [0.15, 0.2) is 24.3 Å². The van der Waals surface area contributed by atoms with E-state index in [1.807, 2.05) is 0 Å². The van der Waals surface area contributed by atoms with Crippen molar-refractivity contribution in [3.05, 3.63) is 29.8 Å². The third-order valence-electron chi connectivity index (χ3n) is 4.41. The molecule has 0 aliphatic heterocycles. The predicted octanol–water partition coefficient (Wildman–Crippen LogP) is 2.48. The second kappa shape index (κ2) is 8.56. The van der Waals surface area contributed by atoms with E-state index >= 15 is 0 Å². The predicted molar refractivity (Wildman–Crippen MR) is 88.8 cm³/mol. The molecule has 1 saturated carbocycles. The summed E-state index contributed by atoms with van der Waals surface area (Å²) in [6.45, 7) is 1.92. The van der Waals surface area contributed by atoms with Crippen LogP contribution in [0.2, 0.25) is 0 Å². The average Bonchev–Trinajstić information content (AvgIpc) is 2.54. The van der Waals surface area contributed by atoms with E-state index in [0.717, 1.165) is 12.8 Å². The SMILES string of the molecule is C[C@@H](NC(=O)CC1CCCCC1)C(=O)NCc1ccccc1O. The number of hydrogen-bond acceptors (Lipinski definition) is 3. The van der Waals surface area contributed by atoms with Crippen LogP contribution < -0.4 is 10.6 Å². The number of para-hydroxylation sites is 1. The fourth-order valence-corrected chi connectivity index (χ4v) is 3.02. The van der Waals surface area contributed by atoms with E-state index in [0.29, 0.717) is 17.9 Å². The van der Waals surface area contributed by atoms with Gasteiger partial charge in [0.25, 0.3) is 0 Å². The number of phenols is 1. The van der Waals surface area contributed by atoms with Crippen molar-refractivity contribution in [2.24, 2.45) is 5.92 Å². The number of rotatable bonds is 6. The molecule has 0 spiro atoms. The Balaban J connectivity index is 1.73. The fraction of sp³-hybridized carbons (Fsp3) is 0.556. The summed E-state index contributed by atoms with van der Waals surface area (Å²) in [5, 5.41) is 15.2. The summed E-state index contributed by atoms with van der Waals surface area (Å²) >= 11 is 0. The Morgan fingerprint density at radius 2 is 1.91 bits per heavy atom. The van der Waals surface area contributed by atoms with Gasteiger partial charge in [0.2, 0.25) is 11.8 Å². The molecule has 2 rings (SSSR count). The Bertz CT molecular complexity index is 539. The Morgan fingerprint density at radius 1 is 1.22 bits per heavy atom. The average molecular weight is 318 g/mol. The molecule has 1 fully saturated rings. The highest BCUT2D eigenvalue weighted by Gasteiger charge is 2.20. The Labute approximate surface area is 137 Å². The number of carbonyl (C=O) groups excluding carboxylic acids is 2. The zero-order valence-electron chi connectivity index (χ0n) is 13.7. The van der Waals surface area contributed by atoms with Gasteiger partial charge in [-0.3, -0.25) is 9.59 Å². The molecule has 126 valence electrons. The smallest absolute Gasteiger partial charge is 0.242 e. The quantitative estimate of drug-likeness (QED) is 0.754. The van der Waals surface area contributed by atoms with Crippen molar-refractivity contribution >= 4 is 11.8 Å². The van der Waals surface area contributed by atoms with Crippen LogP contribution in [-0.2, 0) is 16.1 Å². The number of carbonyl (C=O) groups is 2. The molecule has 0 aromatic heterocycles. The maximum Gasteiger partial charge on any atom is 0.242 e. The first-order valence-corrected chi connectivity index (χ1v) is 8.40. The van der Waals surface area contributed by atoms with Crippen LogP contribution in [0.1, 0.15) is 51.0 Å². The second-order valence-electron chi connectivity index (χ2n) is 6.34. The minimum atomic E-state index is -0.572. The van der Waals surface area contributed by atoms with Crippen LogP contribution in [-0.4, -0.2) is 23.0 Å². The minimum absolute atomic E-state index is 0.0536. The van der Waals surface area contributed by atoms with Gasteiger partial charge < -0.3 is 15.7 Å². The van der Waals surface area contributed by atoms with Crippen molar-refractivity contribution in [1.82, 2.24) is 10.6 Å². The van der Waals surface area contributed by atoms with Crippen LogP contribution in [0, 0.1) is 5.92 Å². The number of aromatic hydroxyl groups is 1. The molecular formula is C18H26N2O3. The normalized spacial score (nSPS) is 16.6. The number of phenolic OH excluding ortho intramolecular Hbond substituents is 1. The highest BCUT2D eigenvalue weighted by Crippen LogP contribution is 2.26. The number of hydrogen-bond donors (Lipinski definition) is 3. The molecule has 1 atom stereocenters. The topological polar surface area (TPSA) is 78.4 Å². The van der Waals surface area contributed by atoms with Crippen LogP contribution >= 0.6 is 0 Å². The first-order chi connectivity index (χ1) is 11.1. The summed E-state index contributed by atoms with van der Waals surface area (Å²) in [6, 6.07) is 6.29. The molecule has 3 N–H and O–H groups in total. The molecule has 5 nitrogen and oxygen atoms in total. The zero-order valence-corrected chi connectivity index (χ0v) is 13.7. The lowest BCUT2D eigenvalue weighted by molar-refractivity contribution is -0.129. The van der Waals surface area contributed by atoms with Gasteiger partial charge in [-0.25, -0.2) is 0 Å². The van der Waals surface area contributed by atoms with E-state index in [2.05, 4.69) is 10.6 Å². The van der Waals surface area contributed by atoms with Crippen LogP contribution in [0.25, 0.3) is 0 Å². The standard InChI is InChI=1S/C18H26N2O3/c1-13(20-17(22)11-14-7-3-2-4-8-14)18(23)19-12-15-9-5-6-10-16(15)21/h5-6,9-10,13-14,21H,2-4,7-8,11-12H2,1H3,(H,19,23)(H,20,22)/t13-/m1/s1. The van der Waals surface area contributed by atoms with Crippen molar-refractivity contribution in [1.29, 1.82) is 0 Å². The first kappa shape index (κ1) is 17.3. The van der Waals surface area contributed by atoms with E-state index in [1.54, 1.807) is 31.2 Å². The third-order valence-corrected chi connectivity index (χ3v) is 4.41. The van der Waals surface area contributed by atoms with Crippen molar-refractivity contribution in [3.63, 3.8) is 0 Å². The Morgan fingerprint density at radius 3 is 2.61 bits per heavy atom. The van der Waals surface area contributed by atoms with Gasteiger partial charge in [0.15, 0.2) is 0 Å². The van der Waals surface area contributed by atoms with E-state index in [-0.39, 0.29) is 24.1 Å². The Hall–Kier alpha value is -2.04. The summed E-state index contributed by atoms with van der Waals surface area (Å²) in [5.41, 5.74) is 0.654. The summed E-state index contributed by atoms with van der Waals surface area (Å²) in [7, 11) is 0. The van der Waals surface area contributed by atoms with Crippen molar-refractivity contribution in [2.45, 2.75) is 58.0 Å². The van der Waals surface area contributed by atoms with E-state index in [1.165, 1.54) is 19.3 Å². The van der Waals surface area contributed by atoms with Gasteiger partial charge in [-0.2, -0.15) is 0 Å². The van der Waals surface area contributed by atoms with E-state index in [9.17, 15) is 14.7 Å².